The maximum Gasteiger partial charge on any atom is 0.122 e. The minimum absolute atomic E-state index is 0.592. The van der Waals surface area contributed by atoms with E-state index in [0.717, 1.165) is 24.3 Å². The largest absolute Gasteiger partial charge is 0.497 e. The van der Waals surface area contributed by atoms with Crippen molar-refractivity contribution in [3.63, 3.8) is 0 Å². The molecule has 0 radical (unpaired) electrons. The average molecular weight is 204 g/mol. The molecule has 0 heterocycles. The topological polar surface area (TPSA) is 18.5 Å². The molecule has 0 fully saturated rings. The molecular weight excluding hydrogens is 188 g/mol. The van der Waals surface area contributed by atoms with Gasteiger partial charge in [-0.05, 0) is 36.5 Å². The number of benzene rings is 1. The molecule has 0 saturated carbocycles. The van der Waals surface area contributed by atoms with Crippen LogP contribution in [-0.2, 0) is 0 Å². The lowest BCUT2D eigenvalue weighted by atomic mass is 9.96. The van der Waals surface area contributed by atoms with Gasteiger partial charge in [0, 0.05) is 6.07 Å². The van der Waals surface area contributed by atoms with E-state index in [4.69, 9.17) is 9.47 Å². The molecule has 0 spiro atoms. The highest BCUT2D eigenvalue weighted by atomic mass is 16.5. The summed E-state index contributed by atoms with van der Waals surface area (Å²) < 4.78 is 10.5. The summed E-state index contributed by atoms with van der Waals surface area (Å²) in [6.07, 6.45) is 6.71. The normalized spacial score (nSPS) is 15.6. The van der Waals surface area contributed by atoms with Crippen LogP contribution >= 0.6 is 0 Å². The van der Waals surface area contributed by atoms with E-state index in [-0.39, 0.29) is 0 Å². The minimum Gasteiger partial charge on any atom is -0.497 e. The van der Waals surface area contributed by atoms with Crippen LogP contribution in [0.15, 0.2) is 30.4 Å². The van der Waals surface area contributed by atoms with Crippen LogP contribution in [0.25, 0.3) is 0 Å². The molecule has 0 aliphatic heterocycles. The zero-order valence-electron chi connectivity index (χ0n) is 9.19. The van der Waals surface area contributed by atoms with Gasteiger partial charge in [0.05, 0.1) is 14.2 Å². The molecule has 0 aromatic heterocycles. The van der Waals surface area contributed by atoms with Gasteiger partial charge in [-0.3, -0.25) is 0 Å². The second kappa shape index (κ2) is 4.39. The van der Waals surface area contributed by atoms with E-state index in [1.165, 1.54) is 5.56 Å². The molecule has 80 valence electrons. The number of rotatable bonds is 3. The molecule has 2 rings (SSSR count). The van der Waals surface area contributed by atoms with Crippen molar-refractivity contribution in [2.24, 2.45) is 0 Å². The molecule has 2 heteroatoms. The van der Waals surface area contributed by atoms with Crippen LogP contribution in [0, 0.1) is 0 Å². The summed E-state index contributed by atoms with van der Waals surface area (Å²) in [5, 5.41) is 0. The predicted molar refractivity (Wildman–Crippen MR) is 60.7 cm³/mol. The number of hydrogen-bond donors (Lipinski definition) is 0. The van der Waals surface area contributed by atoms with Gasteiger partial charge >= 0.3 is 0 Å². The van der Waals surface area contributed by atoms with E-state index in [1.807, 2.05) is 6.07 Å². The fraction of sp³-hybridized carbons (Fsp3) is 0.385. The standard InChI is InChI=1S/C13H16O2/c1-14-12-7-11(8-13(9-12)15-2)10-5-3-4-6-10/h3-4,7-10H,5-6H2,1-2H3. The summed E-state index contributed by atoms with van der Waals surface area (Å²) in [6.45, 7) is 0. The third-order valence-electron chi connectivity index (χ3n) is 2.85. The summed E-state index contributed by atoms with van der Waals surface area (Å²) in [5.41, 5.74) is 1.30. The van der Waals surface area contributed by atoms with Crippen molar-refractivity contribution >= 4 is 0 Å². The Kier molecular flexibility index (Phi) is 2.95. The Labute approximate surface area is 90.5 Å². The second-order valence-corrected chi connectivity index (χ2v) is 3.79. The molecule has 0 atom stereocenters. The van der Waals surface area contributed by atoms with Gasteiger partial charge in [0.2, 0.25) is 0 Å². The van der Waals surface area contributed by atoms with Gasteiger partial charge in [-0.25, -0.2) is 0 Å². The second-order valence-electron chi connectivity index (χ2n) is 3.79. The lowest BCUT2D eigenvalue weighted by Crippen LogP contribution is -1.95. The van der Waals surface area contributed by atoms with Gasteiger partial charge in [0.15, 0.2) is 0 Å². The lowest BCUT2D eigenvalue weighted by Gasteiger charge is -2.13. The highest BCUT2D eigenvalue weighted by Gasteiger charge is 2.14. The van der Waals surface area contributed by atoms with E-state index in [9.17, 15) is 0 Å². The van der Waals surface area contributed by atoms with E-state index in [0.29, 0.717) is 5.92 Å². The summed E-state index contributed by atoms with van der Waals surface area (Å²) in [6, 6.07) is 6.10. The van der Waals surface area contributed by atoms with Gasteiger partial charge in [-0.15, -0.1) is 0 Å². The predicted octanol–water partition coefficient (Wildman–Crippen LogP) is 3.14. The Balaban J connectivity index is 2.29. The maximum atomic E-state index is 5.26. The average Bonchev–Trinajstić information content (AvgIpc) is 2.81. The van der Waals surface area contributed by atoms with Crippen LogP contribution < -0.4 is 9.47 Å². The Morgan fingerprint density at radius 3 is 1.93 bits per heavy atom. The van der Waals surface area contributed by atoms with Gasteiger partial charge in [0.25, 0.3) is 0 Å². The molecular formula is C13H16O2. The van der Waals surface area contributed by atoms with Crippen LogP contribution in [0.3, 0.4) is 0 Å². The molecule has 1 aliphatic carbocycles. The molecule has 0 amide bonds. The molecule has 2 nitrogen and oxygen atoms in total. The maximum absolute atomic E-state index is 5.26. The first-order valence-electron chi connectivity index (χ1n) is 5.21. The van der Waals surface area contributed by atoms with E-state index in [2.05, 4.69) is 24.3 Å². The van der Waals surface area contributed by atoms with Crippen molar-refractivity contribution in [3.05, 3.63) is 35.9 Å². The molecule has 1 aromatic carbocycles. The summed E-state index contributed by atoms with van der Waals surface area (Å²) in [4.78, 5) is 0. The first kappa shape index (κ1) is 10.1. The Morgan fingerprint density at radius 1 is 0.933 bits per heavy atom. The summed E-state index contributed by atoms with van der Waals surface area (Å²) >= 11 is 0. The summed E-state index contributed by atoms with van der Waals surface area (Å²) in [7, 11) is 3.37. The van der Waals surface area contributed by atoms with E-state index >= 15 is 0 Å². The molecule has 1 aliphatic rings. The van der Waals surface area contributed by atoms with Gasteiger partial charge in [0.1, 0.15) is 11.5 Å². The van der Waals surface area contributed by atoms with Crippen LogP contribution in [0.1, 0.15) is 24.3 Å². The van der Waals surface area contributed by atoms with E-state index < -0.39 is 0 Å². The van der Waals surface area contributed by atoms with Gasteiger partial charge < -0.3 is 9.47 Å². The SMILES string of the molecule is COc1cc(OC)cc(C2CC=CC2)c1. The Bertz CT molecular complexity index is 339. The minimum atomic E-state index is 0.592. The highest BCUT2D eigenvalue weighted by Crippen LogP contribution is 2.34. The first-order valence-corrected chi connectivity index (χ1v) is 5.21. The third-order valence-corrected chi connectivity index (χ3v) is 2.85. The summed E-state index contributed by atoms with van der Waals surface area (Å²) in [5.74, 6) is 2.33. The molecule has 1 aromatic rings. The Morgan fingerprint density at radius 2 is 1.47 bits per heavy atom. The van der Waals surface area contributed by atoms with Crippen LogP contribution in [0.2, 0.25) is 0 Å². The number of hydrogen-bond acceptors (Lipinski definition) is 2. The third kappa shape index (κ3) is 2.14. The smallest absolute Gasteiger partial charge is 0.122 e. The molecule has 0 saturated heterocycles. The van der Waals surface area contributed by atoms with Crippen molar-refractivity contribution in [1.29, 1.82) is 0 Å². The van der Waals surface area contributed by atoms with Crippen molar-refractivity contribution < 1.29 is 9.47 Å². The molecule has 15 heavy (non-hydrogen) atoms. The Hall–Kier alpha value is -1.44. The van der Waals surface area contributed by atoms with Crippen molar-refractivity contribution in [3.8, 4) is 11.5 Å². The van der Waals surface area contributed by atoms with Crippen LogP contribution in [-0.4, -0.2) is 14.2 Å². The fourth-order valence-corrected chi connectivity index (χ4v) is 1.95. The fourth-order valence-electron chi connectivity index (χ4n) is 1.95. The van der Waals surface area contributed by atoms with Crippen molar-refractivity contribution in [2.75, 3.05) is 14.2 Å². The van der Waals surface area contributed by atoms with Crippen molar-refractivity contribution in [1.82, 2.24) is 0 Å². The quantitative estimate of drug-likeness (QED) is 0.704. The van der Waals surface area contributed by atoms with Gasteiger partial charge in [-0.2, -0.15) is 0 Å². The number of methoxy groups -OCH3 is 2. The zero-order valence-corrected chi connectivity index (χ0v) is 9.19. The number of allylic oxidation sites excluding steroid dienone is 2. The van der Waals surface area contributed by atoms with Crippen LogP contribution in [0.5, 0.6) is 11.5 Å². The lowest BCUT2D eigenvalue weighted by molar-refractivity contribution is 0.392. The van der Waals surface area contributed by atoms with Gasteiger partial charge in [-0.1, -0.05) is 12.2 Å². The highest BCUT2D eigenvalue weighted by molar-refractivity contribution is 5.40. The van der Waals surface area contributed by atoms with Crippen molar-refractivity contribution in [2.45, 2.75) is 18.8 Å². The first-order chi connectivity index (χ1) is 7.33. The van der Waals surface area contributed by atoms with Crippen LogP contribution in [0.4, 0.5) is 0 Å². The molecule has 0 unspecified atom stereocenters. The van der Waals surface area contributed by atoms with E-state index in [1.54, 1.807) is 14.2 Å². The molecule has 0 N–H and O–H groups in total. The number of ether oxygens (including phenoxy) is 2. The monoisotopic (exact) mass is 204 g/mol. The zero-order chi connectivity index (χ0) is 10.7. The molecule has 0 bridgehead atoms.